The van der Waals surface area contributed by atoms with Crippen LogP contribution < -0.4 is 10.6 Å². The maximum atomic E-state index is 13.3. The average Bonchev–Trinajstić information content (AvgIpc) is 3.11. The van der Waals surface area contributed by atoms with Gasteiger partial charge in [0.2, 0.25) is 11.8 Å². The summed E-state index contributed by atoms with van der Waals surface area (Å²) in [6.07, 6.45) is -14.7. The SMILES string of the molecule is CC(=O)OC[C@H]1O[C@H](CC(=O)Nc2ccc(NC(=O)C[C@H]3O[C@H](COC(C)=O)[C@@H](OC(C)=O)[C@H](OC(C)=O)[C@@H]3OC(C)=O)cc2)[C@@H](OC(C)=O)[C@H](OC(C)=O)[C@@H]1OC(C)=O. The largest absolute Gasteiger partial charge is 0.463 e. The molecule has 1 aromatic rings. The van der Waals surface area contributed by atoms with E-state index in [1.165, 1.54) is 24.3 Å². The van der Waals surface area contributed by atoms with Crippen LogP contribution in [-0.4, -0.2) is 134 Å². The van der Waals surface area contributed by atoms with Crippen LogP contribution in [0.3, 0.4) is 0 Å². The molecule has 2 heterocycles. The molecule has 0 bridgehead atoms. The molecule has 22 nitrogen and oxygen atoms in total. The second kappa shape index (κ2) is 22.3. The van der Waals surface area contributed by atoms with Gasteiger partial charge in [-0.2, -0.15) is 0 Å². The van der Waals surface area contributed by atoms with Crippen LogP contribution in [0.2, 0.25) is 0 Å². The van der Waals surface area contributed by atoms with Crippen molar-refractivity contribution in [3.63, 3.8) is 0 Å². The lowest BCUT2D eigenvalue weighted by Gasteiger charge is -2.44. The lowest BCUT2D eigenvalue weighted by atomic mass is 9.92. The van der Waals surface area contributed by atoms with Gasteiger partial charge in [0.15, 0.2) is 36.6 Å². The number of benzene rings is 1. The zero-order valence-corrected chi connectivity index (χ0v) is 34.1. The molecule has 2 aliphatic heterocycles. The molecule has 3 rings (SSSR count). The third-order valence-corrected chi connectivity index (χ3v) is 8.40. The van der Waals surface area contributed by atoms with Crippen molar-refractivity contribution in [3.8, 4) is 0 Å². The maximum absolute atomic E-state index is 13.3. The molecule has 22 heteroatoms. The lowest BCUT2D eigenvalue weighted by Crippen LogP contribution is -2.62. The number of ether oxygens (including phenoxy) is 10. The van der Waals surface area contributed by atoms with Gasteiger partial charge < -0.3 is 58.0 Å². The van der Waals surface area contributed by atoms with Crippen LogP contribution >= 0.6 is 0 Å². The van der Waals surface area contributed by atoms with Crippen LogP contribution in [0.4, 0.5) is 11.4 Å². The van der Waals surface area contributed by atoms with E-state index >= 15 is 0 Å². The lowest BCUT2D eigenvalue weighted by molar-refractivity contribution is -0.252. The highest BCUT2D eigenvalue weighted by Crippen LogP contribution is 2.33. The van der Waals surface area contributed by atoms with Crippen LogP contribution in [0.15, 0.2) is 24.3 Å². The third-order valence-electron chi connectivity index (χ3n) is 8.40. The molecule has 2 N–H and O–H groups in total. The van der Waals surface area contributed by atoms with Gasteiger partial charge in [0, 0.05) is 66.8 Å². The summed E-state index contributed by atoms with van der Waals surface area (Å²) in [5, 5.41) is 5.26. The summed E-state index contributed by atoms with van der Waals surface area (Å²) in [6, 6.07) is 5.70. The second-order valence-corrected chi connectivity index (χ2v) is 13.6. The van der Waals surface area contributed by atoms with E-state index in [4.69, 9.17) is 47.4 Å². The molecule has 10 atom stereocenters. The Labute approximate surface area is 343 Å². The van der Waals surface area contributed by atoms with Crippen molar-refractivity contribution >= 4 is 70.9 Å². The van der Waals surface area contributed by atoms with Gasteiger partial charge in [-0.05, 0) is 24.3 Å². The number of carbonyl (C=O) groups excluding carboxylic acids is 10. The Bertz CT molecular complexity index is 1650. The topological polar surface area (TPSA) is 287 Å². The predicted octanol–water partition coefficient (Wildman–Crippen LogP) is 0.595. The average molecular weight is 853 g/mol. The Hall–Kier alpha value is -6.16. The molecule has 2 aliphatic rings. The van der Waals surface area contributed by atoms with Crippen molar-refractivity contribution in [1.29, 1.82) is 0 Å². The quantitative estimate of drug-likeness (QED) is 0.170. The highest BCUT2D eigenvalue weighted by atomic mass is 16.7. The number of anilines is 2. The van der Waals surface area contributed by atoms with Crippen molar-refractivity contribution < 1.29 is 95.3 Å². The molecular formula is C38H48N2O20. The summed E-state index contributed by atoms with van der Waals surface area (Å²) in [6.45, 7) is 7.71. The second-order valence-electron chi connectivity index (χ2n) is 13.6. The molecule has 1 aromatic carbocycles. The monoisotopic (exact) mass is 852 g/mol. The Kier molecular flexibility index (Phi) is 17.9. The molecule has 0 radical (unpaired) electrons. The van der Waals surface area contributed by atoms with Gasteiger partial charge in [0.1, 0.15) is 37.6 Å². The van der Waals surface area contributed by atoms with Crippen LogP contribution in [-0.2, 0) is 95.3 Å². The minimum absolute atomic E-state index is 0.225. The van der Waals surface area contributed by atoms with Crippen molar-refractivity contribution in [3.05, 3.63) is 24.3 Å². The molecule has 0 aliphatic carbocycles. The Morgan fingerprint density at radius 3 is 0.900 bits per heavy atom. The first kappa shape index (κ1) is 48.2. The van der Waals surface area contributed by atoms with Crippen molar-refractivity contribution in [2.45, 2.75) is 129 Å². The molecule has 2 saturated heterocycles. The fourth-order valence-electron chi connectivity index (χ4n) is 6.39. The van der Waals surface area contributed by atoms with Crippen LogP contribution in [0, 0.1) is 0 Å². The van der Waals surface area contributed by atoms with Gasteiger partial charge in [-0.15, -0.1) is 0 Å². The van der Waals surface area contributed by atoms with E-state index in [0.29, 0.717) is 0 Å². The third kappa shape index (κ3) is 15.2. The minimum atomic E-state index is -1.46. The van der Waals surface area contributed by atoms with Crippen LogP contribution in [0.1, 0.15) is 68.2 Å². The Balaban J connectivity index is 1.78. The van der Waals surface area contributed by atoms with Gasteiger partial charge in [-0.3, -0.25) is 47.9 Å². The fraction of sp³-hybridized carbons (Fsp3) is 0.579. The van der Waals surface area contributed by atoms with E-state index in [-0.39, 0.29) is 11.4 Å². The van der Waals surface area contributed by atoms with Gasteiger partial charge in [-0.1, -0.05) is 0 Å². The van der Waals surface area contributed by atoms with Crippen LogP contribution in [0.5, 0.6) is 0 Å². The summed E-state index contributed by atoms with van der Waals surface area (Å²) in [5.74, 6) is -7.75. The number of hydrogen-bond donors (Lipinski definition) is 2. The van der Waals surface area contributed by atoms with Gasteiger partial charge in [0.25, 0.3) is 0 Å². The zero-order chi connectivity index (χ0) is 44.8. The number of amides is 2. The molecule has 0 saturated carbocycles. The first-order chi connectivity index (χ1) is 28.1. The van der Waals surface area contributed by atoms with Crippen LogP contribution in [0.25, 0.3) is 0 Å². The number of esters is 8. The summed E-state index contributed by atoms with van der Waals surface area (Å²) < 4.78 is 54.4. The fourth-order valence-corrected chi connectivity index (χ4v) is 6.39. The molecule has 330 valence electrons. The van der Waals surface area contributed by atoms with E-state index in [2.05, 4.69) is 10.6 Å². The predicted molar refractivity (Wildman–Crippen MR) is 197 cm³/mol. The van der Waals surface area contributed by atoms with Crippen molar-refractivity contribution in [1.82, 2.24) is 0 Å². The standard InChI is InChI=1S/C38H48N2O20/c1-17(41)51-15-29-35(55-21(5)45)37(57-23(7)47)33(53-19(3)43)27(59-29)13-31(49)39-25-9-11-26(12-10-25)40-32(50)14-28-34(54-20(4)44)38(58-24(8)48)36(56-22(6)46)30(60-28)16-52-18(2)42/h9-12,27-30,33-38H,13-16H2,1-8H3,(H,39,49)(H,40,50)/t27-,28-,29-,30-,33-,34-,35-,36-,37-,38+/m1/s1. The van der Waals surface area contributed by atoms with E-state index < -0.39 is 147 Å². The summed E-state index contributed by atoms with van der Waals surface area (Å²) in [5.41, 5.74) is 0.450. The molecule has 60 heavy (non-hydrogen) atoms. The number of carbonyl (C=O) groups is 10. The highest BCUT2D eigenvalue weighted by molar-refractivity contribution is 5.93. The summed E-state index contributed by atoms with van der Waals surface area (Å²) >= 11 is 0. The maximum Gasteiger partial charge on any atom is 0.303 e. The van der Waals surface area contributed by atoms with Gasteiger partial charge in [0.05, 0.1) is 12.8 Å². The summed E-state index contributed by atoms with van der Waals surface area (Å²) in [7, 11) is 0. The van der Waals surface area contributed by atoms with E-state index in [1.54, 1.807) is 0 Å². The van der Waals surface area contributed by atoms with Gasteiger partial charge in [-0.25, -0.2) is 0 Å². The van der Waals surface area contributed by atoms with E-state index in [9.17, 15) is 47.9 Å². The Morgan fingerprint density at radius 2 is 0.650 bits per heavy atom. The molecule has 2 fully saturated rings. The molecule has 2 amide bonds. The van der Waals surface area contributed by atoms with Crippen molar-refractivity contribution in [2.75, 3.05) is 23.8 Å². The van der Waals surface area contributed by atoms with E-state index in [1.807, 2.05) is 0 Å². The summed E-state index contributed by atoms with van der Waals surface area (Å²) in [4.78, 5) is 122. The normalized spacial score (nSPS) is 25.8. The molecular weight excluding hydrogens is 804 g/mol. The molecule has 0 aromatic heterocycles. The smallest absolute Gasteiger partial charge is 0.303 e. The zero-order valence-electron chi connectivity index (χ0n) is 34.1. The first-order valence-corrected chi connectivity index (χ1v) is 18.4. The number of nitrogens with one attached hydrogen (secondary N) is 2. The van der Waals surface area contributed by atoms with Crippen molar-refractivity contribution in [2.24, 2.45) is 0 Å². The molecule has 0 unspecified atom stereocenters. The van der Waals surface area contributed by atoms with Gasteiger partial charge >= 0.3 is 47.8 Å². The Morgan fingerprint density at radius 1 is 0.400 bits per heavy atom. The first-order valence-electron chi connectivity index (χ1n) is 18.4. The molecule has 0 spiro atoms. The number of rotatable bonds is 16. The van der Waals surface area contributed by atoms with E-state index in [0.717, 1.165) is 55.4 Å². The minimum Gasteiger partial charge on any atom is -0.463 e. The number of hydrogen-bond acceptors (Lipinski definition) is 20. The highest BCUT2D eigenvalue weighted by Gasteiger charge is 2.54.